The molecule has 1 atom stereocenters. The molecule has 1 unspecified atom stereocenters. The molecule has 0 aliphatic carbocycles. The van der Waals surface area contributed by atoms with Crippen molar-refractivity contribution in [3.63, 3.8) is 0 Å². The van der Waals surface area contributed by atoms with Crippen LogP contribution < -0.4 is 0 Å². The predicted octanol–water partition coefficient (Wildman–Crippen LogP) is 16.6. The monoisotopic (exact) mass is 861 g/mol. The van der Waals surface area contributed by atoms with Gasteiger partial charge in [-0.2, -0.15) is 0 Å². The molecule has 0 aromatic carbocycles. The van der Waals surface area contributed by atoms with E-state index in [0.717, 1.165) is 77.0 Å². The van der Waals surface area contributed by atoms with Crippen molar-refractivity contribution in [1.29, 1.82) is 0 Å². The third-order valence-corrected chi connectivity index (χ3v) is 10.3. The topological polar surface area (TPSA) is 78.9 Å². The van der Waals surface area contributed by atoms with Gasteiger partial charge in [-0.25, -0.2) is 0 Å². The fourth-order valence-corrected chi connectivity index (χ4v) is 6.52. The molecule has 0 saturated carbocycles. The molecule has 0 saturated heterocycles. The number of esters is 3. The Morgan fingerprint density at radius 1 is 0.339 bits per heavy atom. The maximum absolute atomic E-state index is 12.8. The van der Waals surface area contributed by atoms with Crippen molar-refractivity contribution in [2.45, 2.75) is 226 Å². The van der Waals surface area contributed by atoms with Crippen LogP contribution in [0.15, 0.2) is 97.2 Å². The summed E-state index contributed by atoms with van der Waals surface area (Å²) in [5, 5.41) is 0. The molecule has 0 aromatic heterocycles. The molecule has 6 nitrogen and oxygen atoms in total. The summed E-state index contributed by atoms with van der Waals surface area (Å²) in [5.74, 6) is -1.06. The number of allylic oxidation sites excluding steroid dienone is 16. The van der Waals surface area contributed by atoms with Crippen LogP contribution in [-0.4, -0.2) is 37.2 Å². The average molecular weight is 861 g/mol. The van der Waals surface area contributed by atoms with Crippen LogP contribution in [-0.2, 0) is 28.6 Å². The van der Waals surface area contributed by atoms with Gasteiger partial charge in [-0.3, -0.25) is 14.4 Å². The van der Waals surface area contributed by atoms with Crippen molar-refractivity contribution < 1.29 is 28.6 Å². The lowest BCUT2D eigenvalue weighted by Gasteiger charge is -2.18. The van der Waals surface area contributed by atoms with E-state index in [4.69, 9.17) is 14.2 Å². The fourth-order valence-electron chi connectivity index (χ4n) is 6.52. The number of rotatable bonds is 44. The second-order valence-corrected chi connectivity index (χ2v) is 16.3. The maximum atomic E-state index is 12.8. The van der Waals surface area contributed by atoms with Crippen LogP contribution in [0.4, 0.5) is 0 Å². The van der Waals surface area contributed by atoms with Crippen molar-refractivity contribution in [3.8, 4) is 0 Å². The number of hydrogen-bond donors (Lipinski definition) is 0. The molecule has 0 radical (unpaired) electrons. The predicted molar refractivity (Wildman–Crippen MR) is 265 cm³/mol. The lowest BCUT2D eigenvalue weighted by atomic mass is 10.1. The molecule has 0 aliphatic rings. The highest BCUT2D eigenvalue weighted by Gasteiger charge is 2.19. The minimum atomic E-state index is -0.826. The molecule has 0 spiro atoms. The first-order valence-electron chi connectivity index (χ1n) is 25.2. The van der Waals surface area contributed by atoms with Crippen LogP contribution >= 0.6 is 0 Å². The Morgan fingerprint density at radius 3 is 1.16 bits per heavy atom. The molecule has 0 rings (SSSR count). The summed E-state index contributed by atoms with van der Waals surface area (Å²) >= 11 is 0. The van der Waals surface area contributed by atoms with Gasteiger partial charge in [0.25, 0.3) is 0 Å². The third-order valence-electron chi connectivity index (χ3n) is 10.3. The quantitative estimate of drug-likeness (QED) is 0.0263. The third kappa shape index (κ3) is 47.4. The van der Waals surface area contributed by atoms with Gasteiger partial charge in [0.05, 0.1) is 0 Å². The summed E-state index contributed by atoms with van der Waals surface area (Å²) in [5.41, 5.74) is 0. The Balaban J connectivity index is 4.55. The molecule has 352 valence electrons. The zero-order valence-corrected chi connectivity index (χ0v) is 40.1. The van der Waals surface area contributed by atoms with Gasteiger partial charge >= 0.3 is 17.9 Å². The molecular weight excluding hydrogens is 769 g/mol. The van der Waals surface area contributed by atoms with E-state index in [9.17, 15) is 14.4 Å². The summed E-state index contributed by atoms with van der Waals surface area (Å²) in [4.78, 5) is 37.9. The van der Waals surface area contributed by atoms with Crippen LogP contribution in [0.25, 0.3) is 0 Å². The van der Waals surface area contributed by atoms with E-state index in [2.05, 4.69) is 112 Å². The normalized spacial score (nSPS) is 12.9. The van der Waals surface area contributed by atoms with Crippen molar-refractivity contribution in [2.75, 3.05) is 13.2 Å². The van der Waals surface area contributed by atoms with Gasteiger partial charge in [0.15, 0.2) is 6.10 Å². The molecule has 0 fully saturated rings. The molecule has 0 heterocycles. The maximum Gasteiger partial charge on any atom is 0.306 e. The number of ether oxygens (including phenoxy) is 3. The molecule has 0 aliphatic heterocycles. The Hall–Kier alpha value is -3.67. The van der Waals surface area contributed by atoms with E-state index in [1.165, 1.54) is 89.9 Å². The lowest BCUT2D eigenvalue weighted by Crippen LogP contribution is -2.30. The van der Waals surface area contributed by atoms with Crippen LogP contribution in [0.5, 0.6) is 0 Å². The lowest BCUT2D eigenvalue weighted by molar-refractivity contribution is -0.166. The van der Waals surface area contributed by atoms with E-state index in [0.29, 0.717) is 19.3 Å². The Labute approximate surface area is 381 Å². The summed E-state index contributed by atoms with van der Waals surface area (Å²) in [6.45, 7) is 6.37. The molecule has 0 amide bonds. The first-order valence-corrected chi connectivity index (χ1v) is 25.2. The minimum Gasteiger partial charge on any atom is -0.462 e. The van der Waals surface area contributed by atoms with E-state index >= 15 is 0 Å². The zero-order valence-electron chi connectivity index (χ0n) is 40.1. The Bertz CT molecular complexity index is 1260. The highest BCUT2D eigenvalue weighted by molar-refractivity contribution is 5.71. The van der Waals surface area contributed by atoms with Gasteiger partial charge in [0.1, 0.15) is 13.2 Å². The van der Waals surface area contributed by atoms with Gasteiger partial charge in [0.2, 0.25) is 0 Å². The van der Waals surface area contributed by atoms with Crippen molar-refractivity contribution in [3.05, 3.63) is 97.2 Å². The van der Waals surface area contributed by atoms with E-state index < -0.39 is 6.10 Å². The van der Waals surface area contributed by atoms with Crippen LogP contribution in [0, 0.1) is 0 Å². The smallest absolute Gasteiger partial charge is 0.306 e. The SMILES string of the molecule is CC/C=C/C/C=C/CCCCCCCCCC(=O)OC(COC(=O)CC/C=C/C/C=C/CCCCCCCC)COC(=O)CCC/C=C/C/C=C/C/C=C/C/C=C/CCCCC. The molecule has 62 heavy (non-hydrogen) atoms. The molecular formula is C56H92O6. The highest BCUT2D eigenvalue weighted by Crippen LogP contribution is 2.13. The number of carbonyl (C=O) groups is 3. The van der Waals surface area contributed by atoms with Gasteiger partial charge in [-0.05, 0) is 103 Å². The molecule has 6 heteroatoms. The number of unbranched alkanes of at least 4 members (excludes halogenated alkanes) is 17. The van der Waals surface area contributed by atoms with Crippen LogP contribution in [0.2, 0.25) is 0 Å². The second-order valence-electron chi connectivity index (χ2n) is 16.3. The summed E-state index contributed by atoms with van der Waals surface area (Å²) in [7, 11) is 0. The summed E-state index contributed by atoms with van der Waals surface area (Å²) in [6, 6.07) is 0. The van der Waals surface area contributed by atoms with Gasteiger partial charge < -0.3 is 14.2 Å². The van der Waals surface area contributed by atoms with Crippen LogP contribution in [0.3, 0.4) is 0 Å². The largest absolute Gasteiger partial charge is 0.462 e. The second kappa shape index (κ2) is 50.0. The average Bonchev–Trinajstić information content (AvgIpc) is 3.27. The van der Waals surface area contributed by atoms with Crippen molar-refractivity contribution in [1.82, 2.24) is 0 Å². The van der Waals surface area contributed by atoms with E-state index in [1.807, 2.05) is 6.08 Å². The fraction of sp³-hybridized carbons (Fsp3) is 0.661. The molecule has 0 aromatic rings. The van der Waals surface area contributed by atoms with Crippen LogP contribution in [0.1, 0.15) is 220 Å². The summed E-state index contributed by atoms with van der Waals surface area (Å²) < 4.78 is 16.7. The number of hydrogen-bond acceptors (Lipinski definition) is 6. The van der Waals surface area contributed by atoms with Crippen molar-refractivity contribution >= 4 is 17.9 Å². The molecule has 0 N–H and O–H groups in total. The van der Waals surface area contributed by atoms with E-state index in [1.54, 1.807) is 0 Å². The minimum absolute atomic E-state index is 0.127. The standard InChI is InChI=1S/C56H92O6/c1-4-7-10-13-16-19-22-25-27-28-29-32-34-37-40-43-46-49-55(58)61-52-53(51-60-54(57)48-45-42-39-36-33-30-24-21-18-15-12-9-6-3)62-56(59)50-47-44-41-38-35-31-26-23-20-17-14-11-8-5-2/h8,11,16-17,19-20,25,27,29-30,32-33,37,39-40,42,53H,4-7,9-10,12-15,18,21-24,26,28,31,34-36,38,41,43-52H2,1-3H3/b11-8+,19-16+,20-17+,27-25+,32-29+,33-30+,40-37+,42-39+. The zero-order chi connectivity index (χ0) is 45.1. The van der Waals surface area contributed by atoms with E-state index in [-0.39, 0.29) is 44.0 Å². The highest BCUT2D eigenvalue weighted by atomic mass is 16.6. The number of carbonyl (C=O) groups excluding carboxylic acids is 3. The van der Waals surface area contributed by atoms with Gasteiger partial charge in [-0.15, -0.1) is 0 Å². The Morgan fingerprint density at radius 2 is 0.677 bits per heavy atom. The molecule has 0 bridgehead atoms. The Kier molecular flexibility index (Phi) is 47.0. The van der Waals surface area contributed by atoms with Gasteiger partial charge in [0, 0.05) is 19.3 Å². The first-order chi connectivity index (χ1) is 30.5. The van der Waals surface area contributed by atoms with Crippen molar-refractivity contribution in [2.24, 2.45) is 0 Å². The first kappa shape index (κ1) is 58.3. The summed E-state index contributed by atoms with van der Waals surface area (Å²) in [6.07, 6.45) is 65.5. The van der Waals surface area contributed by atoms with Gasteiger partial charge in [-0.1, -0.05) is 195 Å².